The van der Waals surface area contributed by atoms with E-state index in [1.54, 1.807) is 36.4 Å². The second kappa shape index (κ2) is 10.7. The number of morpholine rings is 1. The van der Waals surface area contributed by atoms with Gasteiger partial charge in [0.25, 0.3) is 5.91 Å². The SMILES string of the molecule is O=C(NCC(c1ccccc1Cl)N1CCOCC1)c1cnn2c1N[C@@H](c1ccccc1)C[C@H]2C(F)(F)F. The predicted octanol–water partition coefficient (Wildman–Crippen LogP) is 5.00. The summed E-state index contributed by atoms with van der Waals surface area (Å²) < 4.78 is 48.3. The van der Waals surface area contributed by atoms with Crippen LogP contribution in [0.2, 0.25) is 5.02 Å². The third kappa shape index (κ3) is 5.46. The number of halogens is 4. The molecule has 5 rings (SSSR count). The van der Waals surface area contributed by atoms with Crippen LogP contribution in [0.3, 0.4) is 0 Å². The Morgan fingerprint density at radius 1 is 1.14 bits per heavy atom. The zero-order valence-corrected chi connectivity index (χ0v) is 20.7. The number of carbonyl (C=O) groups excluding carboxylic acids is 1. The molecule has 1 amide bonds. The van der Waals surface area contributed by atoms with E-state index in [0.717, 1.165) is 10.2 Å². The average molecular weight is 534 g/mol. The van der Waals surface area contributed by atoms with E-state index in [-0.39, 0.29) is 30.4 Å². The van der Waals surface area contributed by atoms with Crippen molar-refractivity contribution in [3.63, 3.8) is 0 Å². The van der Waals surface area contributed by atoms with Gasteiger partial charge in [-0.2, -0.15) is 18.3 Å². The zero-order chi connectivity index (χ0) is 26.0. The Labute approximate surface area is 217 Å². The lowest BCUT2D eigenvalue weighted by Gasteiger charge is -2.35. The van der Waals surface area contributed by atoms with Crippen molar-refractivity contribution < 1.29 is 22.7 Å². The minimum Gasteiger partial charge on any atom is -0.379 e. The highest BCUT2D eigenvalue weighted by molar-refractivity contribution is 6.31. The van der Waals surface area contributed by atoms with E-state index in [0.29, 0.717) is 36.9 Å². The summed E-state index contributed by atoms with van der Waals surface area (Å²) in [6.07, 6.45) is -3.55. The maximum atomic E-state index is 14.0. The second-order valence-corrected chi connectivity index (χ2v) is 9.56. The van der Waals surface area contributed by atoms with Crippen molar-refractivity contribution in [2.45, 2.75) is 30.7 Å². The van der Waals surface area contributed by atoms with Crippen LogP contribution in [0.1, 0.15) is 46.0 Å². The molecule has 1 unspecified atom stereocenters. The summed E-state index contributed by atoms with van der Waals surface area (Å²) >= 11 is 6.48. The van der Waals surface area contributed by atoms with E-state index in [4.69, 9.17) is 16.3 Å². The molecule has 3 heterocycles. The molecule has 1 aromatic heterocycles. The van der Waals surface area contributed by atoms with Gasteiger partial charge < -0.3 is 15.4 Å². The fourth-order valence-electron chi connectivity index (χ4n) is 4.99. The first-order valence-corrected chi connectivity index (χ1v) is 12.5. The molecule has 2 N–H and O–H groups in total. The molecule has 2 aromatic carbocycles. The highest BCUT2D eigenvalue weighted by Crippen LogP contribution is 2.44. The maximum absolute atomic E-state index is 14.0. The average Bonchev–Trinajstić information content (AvgIpc) is 3.34. The Hall–Kier alpha value is -3.08. The van der Waals surface area contributed by atoms with Gasteiger partial charge in [-0.25, -0.2) is 4.68 Å². The number of carbonyl (C=O) groups is 1. The highest BCUT2D eigenvalue weighted by atomic mass is 35.5. The Bertz CT molecular complexity index is 1230. The van der Waals surface area contributed by atoms with Crippen LogP contribution in [0.15, 0.2) is 60.8 Å². The van der Waals surface area contributed by atoms with Crippen molar-refractivity contribution >= 4 is 23.3 Å². The number of anilines is 1. The highest BCUT2D eigenvalue weighted by Gasteiger charge is 2.47. The smallest absolute Gasteiger partial charge is 0.379 e. The third-order valence-corrected chi connectivity index (χ3v) is 7.24. The molecule has 11 heteroatoms. The molecular formula is C26H27ClF3N5O2. The lowest BCUT2D eigenvalue weighted by Crippen LogP contribution is -2.44. The first-order chi connectivity index (χ1) is 17.8. The molecule has 0 bridgehead atoms. The van der Waals surface area contributed by atoms with Crippen molar-refractivity contribution in [3.05, 3.63) is 82.5 Å². The summed E-state index contributed by atoms with van der Waals surface area (Å²) in [7, 11) is 0. The van der Waals surface area contributed by atoms with Gasteiger partial charge in [0.2, 0.25) is 0 Å². The van der Waals surface area contributed by atoms with Crippen molar-refractivity contribution in [3.8, 4) is 0 Å². The quantitative estimate of drug-likeness (QED) is 0.466. The molecule has 1 saturated heterocycles. The van der Waals surface area contributed by atoms with Gasteiger partial charge in [-0.15, -0.1) is 0 Å². The van der Waals surface area contributed by atoms with E-state index >= 15 is 0 Å². The largest absolute Gasteiger partial charge is 0.410 e. The van der Waals surface area contributed by atoms with Crippen LogP contribution >= 0.6 is 11.6 Å². The summed E-state index contributed by atoms with van der Waals surface area (Å²) in [5.41, 5.74) is 1.64. The second-order valence-electron chi connectivity index (χ2n) is 9.15. The topological polar surface area (TPSA) is 71.4 Å². The molecule has 7 nitrogen and oxygen atoms in total. The van der Waals surface area contributed by atoms with Crippen LogP contribution in [0.25, 0.3) is 0 Å². The van der Waals surface area contributed by atoms with E-state index in [1.807, 2.05) is 18.2 Å². The van der Waals surface area contributed by atoms with Crippen LogP contribution in [-0.4, -0.2) is 59.6 Å². The lowest BCUT2D eigenvalue weighted by molar-refractivity contribution is -0.173. The molecule has 0 saturated carbocycles. The Morgan fingerprint density at radius 3 is 2.54 bits per heavy atom. The molecule has 0 radical (unpaired) electrons. The van der Waals surface area contributed by atoms with Crippen LogP contribution in [-0.2, 0) is 4.74 Å². The van der Waals surface area contributed by atoms with Gasteiger partial charge in [-0.3, -0.25) is 9.69 Å². The summed E-state index contributed by atoms with van der Waals surface area (Å²) in [6, 6.07) is 13.7. The van der Waals surface area contributed by atoms with Crippen LogP contribution in [0.4, 0.5) is 19.0 Å². The standard InChI is InChI=1S/C26H27ClF3N5O2/c27-20-9-5-4-8-18(20)22(34-10-12-37-13-11-34)16-31-25(36)19-15-32-35-23(26(28,29)30)14-21(33-24(19)35)17-6-2-1-3-7-17/h1-9,15,21-23,33H,10-14,16H2,(H,31,36)/t21-,22?,23+/m1/s1. The number of amides is 1. The van der Waals surface area contributed by atoms with Gasteiger partial charge in [0.05, 0.1) is 31.5 Å². The fraction of sp³-hybridized carbons (Fsp3) is 0.385. The number of rotatable bonds is 6. The van der Waals surface area contributed by atoms with Crippen molar-refractivity contribution in [2.24, 2.45) is 0 Å². The molecule has 3 atom stereocenters. The number of nitrogens with one attached hydrogen (secondary N) is 2. The Balaban J connectivity index is 1.40. The predicted molar refractivity (Wildman–Crippen MR) is 134 cm³/mol. The monoisotopic (exact) mass is 533 g/mol. The summed E-state index contributed by atoms with van der Waals surface area (Å²) in [6.45, 7) is 2.69. The molecular weight excluding hydrogens is 507 g/mol. The number of hydrogen-bond acceptors (Lipinski definition) is 5. The Morgan fingerprint density at radius 2 is 1.84 bits per heavy atom. The van der Waals surface area contributed by atoms with Crippen molar-refractivity contribution in [2.75, 3.05) is 38.2 Å². The van der Waals surface area contributed by atoms with Crippen LogP contribution in [0.5, 0.6) is 0 Å². The molecule has 3 aromatic rings. The number of alkyl halides is 3. The Kier molecular flexibility index (Phi) is 7.41. The number of aromatic nitrogens is 2. The normalized spacial score (nSPS) is 21.1. The third-order valence-electron chi connectivity index (χ3n) is 6.89. The number of hydrogen-bond donors (Lipinski definition) is 2. The molecule has 0 spiro atoms. The van der Waals surface area contributed by atoms with Crippen LogP contribution < -0.4 is 10.6 Å². The van der Waals surface area contributed by atoms with Gasteiger partial charge >= 0.3 is 6.18 Å². The summed E-state index contributed by atoms with van der Waals surface area (Å²) in [4.78, 5) is 15.5. The van der Waals surface area contributed by atoms with Crippen molar-refractivity contribution in [1.82, 2.24) is 20.0 Å². The lowest BCUT2D eigenvalue weighted by atomic mass is 9.96. The summed E-state index contributed by atoms with van der Waals surface area (Å²) in [5.74, 6) is -0.450. The van der Waals surface area contributed by atoms with Crippen LogP contribution in [0, 0.1) is 0 Å². The van der Waals surface area contributed by atoms with Gasteiger partial charge in [0.1, 0.15) is 11.4 Å². The molecule has 196 valence electrons. The molecule has 2 aliphatic heterocycles. The number of benzene rings is 2. The van der Waals surface area contributed by atoms with E-state index in [1.165, 1.54) is 6.20 Å². The minimum absolute atomic E-state index is 0.0561. The number of ether oxygens (including phenoxy) is 1. The maximum Gasteiger partial charge on any atom is 0.410 e. The summed E-state index contributed by atoms with van der Waals surface area (Å²) in [5, 5.41) is 10.6. The van der Waals surface area contributed by atoms with Gasteiger partial charge in [0.15, 0.2) is 6.04 Å². The molecule has 1 fully saturated rings. The van der Waals surface area contributed by atoms with Crippen molar-refractivity contribution in [1.29, 1.82) is 0 Å². The fourth-order valence-corrected chi connectivity index (χ4v) is 5.25. The first kappa shape index (κ1) is 25.6. The zero-order valence-electron chi connectivity index (χ0n) is 19.9. The molecule has 0 aliphatic carbocycles. The molecule has 37 heavy (non-hydrogen) atoms. The van der Waals surface area contributed by atoms with E-state index < -0.39 is 24.2 Å². The van der Waals surface area contributed by atoms with Gasteiger partial charge in [0, 0.05) is 31.1 Å². The minimum atomic E-state index is -4.52. The van der Waals surface area contributed by atoms with Gasteiger partial charge in [-0.1, -0.05) is 60.1 Å². The van der Waals surface area contributed by atoms with E-state index in [9.17, 15) is 18.0 Å². The number of fused-ring (bicyclic) bond motifs is 1. The number of nitrogens with zero attached hydrogens (tertiary/aromatic N) is 3. The van der Waals surface area contributed by atoms with Gasteiger partial charge in [-0.05, 0) is 17.2 Å². The van der Waals surface area contributed by atoms with E-state index in [2.05, 4.69) is 20.6 Å². The molecule has 2 aliphatic rings. The first-order valence-electron chi connectivity index (χ1n) is 12.1.